The number of hydrogen-bond acceptors (Lipinski definition) is 6. The van der Waals surface area contributed by atoms with Crippen LogP contribution in [0.3, 0.4) is 0 Å². The molecular weight excluding hydrogens is 250 g/mol. The molecule has 0 aliphatic heterocycles. The van der Waals surface area contributed by atoms with Crippen LogP contribution >= 0.6 is 11.8 Å². The molecule has 98 valence electrons. The van der Waals surface area contributed by atoms with Gasteiger partial charge in [0.25, 0.3) is 0 Å². The summed E-state index contributed by atoms with van der Waals surface area (Å²) in [6.07, 6.45) is 4.55. The molecular formula is C12H17N3O2S. The average molecular weight is 267 g/mol. The molecule has 1 aliphatic carbocycles. The third-order valence-electron chi connectivity index (χ3n) is 2.70. The molecule has 2 rings (SSSR count). The van der Waals surface area contributed by atoms with E-state index in [2.05, 4.69) is 22.2 Å². The van der Waals surface area contributed by atoms with Crippen LogP contribution in [0.4, 0.5) is 5.82 Å². The number of carbonyl (C=O) groups excluding carboxylic acids is 1. The molecule has 0 bridgehead atoms. The average Bonchev–Trinajstić information content (AvgIpc) is 3.03. The number of esters is 1. The number of nitrogens with one attached hydrogen (secondary N) is 1. The second kappa shape index (κ2) is 6.04. The van der Waals surface area contributed by atoms with Crippen molar-refractivity contribution < 1.29 is 9.53 Å². The molecule has 1 N–H and O–H groups in total. The summed E-state index contributed by atoms with van der Waals surface area (Å²) < 4.78 is 4.86. The van der Waals surface area contributed by atoms with Crippen molar-refractivity contribution >= 4 is 23.5 Å². The number of hydrogen-bond donors (Lipinski definition) is 1. The first-order valence-electron chi connectivity index (χ1n) is 6.06. The molecule has 0 saturated heterocycles. The van der Waals surface area contributed by atoms with Gasteiger partial charge in [-0.05, 0) is 19.3 Å². The lowest BCUT2D eigenvalue weighted by atomic mass is 10.5. The first kappa shape index (κ1) is 13.1. The van der Waals surface area contributed by atoms with Crippen molar-refractivity contribution in [2.75, 3.05) is 17.7 Å². The molecule has 1 heterocycles. The molecule has 18 heavy (non-hydrogen) atoms. The number of nitrogens with zero attached hydrogens (tertiary/aromatic N) is 2. The second-order valence-corrected chi connectivity index (χ2v) is 5.30. The molecule has 1 saturated carbocycles. The fraction of sp³-hybridized carbons (Fsp3) is 0.583. The van der Waals surface area contributed by atoms with E-state index in [4.69, 9.17) is 4.74 Å². The van der Waals surface area contributed by atoms with Crippen molar-refractivity contribution in [1.82, 2.24) is 9.97 Å². The van der Waals surface area contributed by atoms with Gasteiger partial charge in [0.05, 0.1) is 24.8 Å². The molecule has 2 unspecified atom stereocenters. The Morgan fingerprint density at radius 1 is 1.61 bits per heavy atom. The van der Waals surface area contributed by atoms with Gasteiger partial charge in [-0.3, -0.25) is 9.78 Å². The van der Waals surface area contributed by atoms with Crippen LogP contribution < -0.4 is 5.32 Å². The van der Waals surface area contributed by atoms with Gasteiger partial charge in [-0.1, -0.05) is 18.7 Å². The summed E-state index contributed by atoms with van der Waals surface area (Å²) in [5, 5.41) is 4.05. The van der Waals surface area contributed by atoms with Crippen molar-refractivity contribution in [2.45, 2.75) is 31.3 Å². The summed E-state index contributed by atoms with van der Waals surface area (Å²) in [7, 11) is 0. The predicted molar refractivity (Wildman–Crippen MR) is 70.6 cm³/mol. The van der Waals surface area contributed by atoms with E-state index >= 15 is 0 Å². The zero-order valence-corrected chi connectivity index (χ0v) is 11.4. The molecule has 1 aromatic rings. The molecule has 2 atom stereocenters. The smallest absolute Gasteiger partial charge is 0.316 e. The van der Waals surface area contributed by atoms with E-state index in [1.54, 1.807) is 19.3 Å². The maximum Gasteiger partial charge on any atom is 0.316 e. The van der Waals surface area contributed by atoms with Gasteiger partial charge in [0.15, 0.2) is 0 Å². The number of rotatable bonds is 6. The van der Waals surface area contributed by atoms with E-state index < -0.39 is 0 Å². The van der Waals surface area contributed by atoms with E-state index in [-0.39, 0.29) is 11.7 Å². The minimum Gasteiger partial charge on any atom is -0.465 e. The summed E-state index contributed by atoms with van der Waals surface area (Å²) in [6, 6.07) is 0.518. The highest BCUT2D eigenvalue weighted by Crippen LogP contribution is 2.32. The fourth-order valence-corrected chi connectivity index (χ4v) is 2.18. The van der Waals surface area contributed by atoms with Gasteiger partial charge in [0.1, 0.15) is 10.8 Å². The Kier molecular flexibility index (Phi) is 4.41. The largest absolute Gasteiger partial charge is 0.465 e. The highest BCUT2D eigenvalue weighted by Gasteiger charge is 2.32. The van der Waals surface area contributed by atoms with Crippen LogP contribution in [-0.4, -0.2) is 34.3 Å². The van der Waals surface area contributed by atoms with Crippen molar-refractivity contribution in [1.29, 1.82) is 0 Å². The van der Waals surface area contributed by atoms with Crippen LogP contribution in [0.2, 0.25) is 0 Å². The Morgan fingerprint density at radius 3 is 3.06 bits per heavy atom. The number of ether oxygens (including phenoxy) is 1. The third kappa shape index (κ3) is 3.87. The minimum atomic E-state index is -0.224. The summed E-state index contributed by atoms with van der Waals surface area (Å²) in [4.78, 5) is 19.7. The van der Waals surface area contributed by atoms with Gasteiger partial charge in [-0.15, -0.1) is 0 Å². The topological polar surface area (TPSA) is 64.1 Å². The van der Waals surface area contributed by atoms with Crippen LogP contribution in [-0.2, 0) is 9.53 Å². The van der Waals surface area contributed by atoms with Crippen LogP contribution in [0, 0.1) is 5.92 Å². The maximum absolute atomic E-state index is 11.2. The Bertz CT molecular complexity index is 428. The van der Waals surface area contributed by atoms with Crippen LogP contribution in [0.5, 0.6) is 0 Å². The van der Waals surface area contributed by atoms with Gasteiger partial charge in [0, 0.05) is 6.04 Å². The summed E-state index contributed by atoms with van der Waals surface area (Å²) in [5.41, 5.74) is 0. The van der Waals surface area contributed by atoms with E-state index in [0.29, 0.717) is 18.6 Å². The number of thioether (sulfide) groups is 1. The van der Waals surface area contributed by atoms with Gasteiger partial charge < -0.3 is 10.1 Å². The van der Waals surface area contributed by atoms with E-state index in [9.17, 15) is 4.79 Å². The number of anilines is 1. The monoisotopic (exact) mass is 267 g/mol. The Balaban J connectivity index is 1.84. The molecule has 6 heteroatoms. The lowest BCUT2D eigenvalue weighted by molar-refractivity contribution is -0.139. The second-order valence-electron chi connectivity index (χ2n) is 4.30. The van der Waals surface area contributed by atoms with Crippen LogP contribution in [0.1, 0.15) is 20.3 Å². The SMILES string of the molecule is CCOC(=O)CSc1cncc(NC2CC2C)n1. The highest BCUT2D eigenvalue weighted by molar-refractivity contribution is 7.99. The third-order valence-corrected chi connectivity index (χ3v) is 3.57. The van der Waals surface area contributed by atoms with Crippen LogP contribution in [0.15, 0.2) is 17.4 Å². The Morgan fingerprint density at radius 2 is 2.39 bits per heavy atom. The fourth-order valence-electron chi connectivity index (χ4n) is 1.54. The Labute approximate surface area is 111 Å². The molecule has 1 fully saturated rings. The lowest BCUT2D eigenvalue weighted by Crippen LogP contribution is -2.08. The van der Waals surface area contributed by atoms with Gasteiger partial charge in [0.2, 0.25) is 0 Å². The first-order chi connectivity index (χ1) is 8.69. The molecule has 0 amide bonds. The first-order valence-corrected chi connectivity index (χ1v) is 7.04. The molecule has 0 radical (unpaired) electrons. The van der Waals surface area contributed by atoms with E-state index in [0.717, 1.165) is 10.8 Å². The zero-order chi connectivity index (χ0) is 13.0. The molecule has 5 nitrogen and oxygen atoms in total. The number of carbonyl (C=O) groups is 1. The van der Waals surface area contributed by atoms with E-state index in [1.807, 2.05) is 0 Å². The highest BCUT2D eigenvalue weighted by atomic mass is 32.2. The van der Waals surface area contributed by atoms with Crippen molar-refractivity contribution in [2.24, 2.45) is 5.92 Å². The number of aromatic nitrogens is 2. The molecule has 0 spiro atoms. The summed E-state index contributed by atoms with van der Waals surface area (Å²) in [6.45, 7) is 4.40. The van der Waals surface area contributed by atoms with Gasteiger partial charge in [-0.2, -0.15) is 0 Å². The molecule has 1 aliphatic rings. The zero-order valence-electron chi connectivity index (χ0n) is 10.5. The summed E-state index contributed by atoms with van der Waals surface area (Å²) in [5.74, 6) is 1.53. The minimum absolute atomic E-state index is 0.224. The summed E-state index contributed by atoms with van der Waals surface area (Å²) >= 11 is 1.34. The van der Waals surface area contributed by atoms with Crippen LogP contribution in [0.25, 0.3) is 0 Å². The quantitative estimate of drug-likeness (QED) is 0.628. The predicted octanol–water partition coefficient (Wildman–Crippen LogP) is 1.95. The standard InChI is InChI=1S/C12H17N3O2S/c1-3-17-12(16)7-18-11-6-13-5-10(15-11)14-9-4-8(9)2/h5-6,8-9H,3-4,7H2,1-2H3,(H,14,15). The molecule has 0 aromatic carbocycles. The maximum atomic E-state index is 11.2. The lowest BCUT2D eigenvalue weighted by Gasteiger charge is -2.05. The van der Waals surface area contributed by atoms with E-state index in [1.165, 1.54) is 18.2 Å². The van der Waals surface area contributed by atoms with Gasteiger partial charge in [-0.25, -0.2) is 4.98 Å². The normalized spacial score (nSPS) is 21.4. The van der Waals surface area contributed by atoms with Gasteiger partial charge >= 0.3 is 5.97 Å². The van der Waals surface area contributed by atoms with Crippen molar-refractivity contribution in [3.63, 3.8) is 0 Å². The Hall–Kier alpha value is -1.30. The van der Waals surface area contributed by atoms with Crippen molar-refractivity contribution in [3.05, 3.63) is 12.4 Å². The van der Waals surface area contributed by atoms with Crippen molar-refractivity contribution in [3.8, 4) is 0 Å². The molecule has 1 aromatic heterocycles.